The number of nitrogens with zero attached hydrogens (tertiary/aromatic N) is 1. The number of fused-ring (bicyclic) bond motifs is 9. The van der Waals surface area contributed by atoms with Gasteiger partial charge in [-0.3, -0.25) is 19.3 Å². The maximum atomic E-state index is 13.7. The van der Waals surface area contributed by atoms with Crippen molar-refractivity contribution >= 4 is 40.6 Å². The van der Waals surface area contributed by atoms with Gasteiger partial charge in [0.1, 0.15) is 0 Å². The number of aromatic amines is 1. The van der Waals surface area contributed by atoms with Crippen LogP contribution in [0, 0.1) is 36.5 Å². The van der Waals surface area contributed by atoms with Crippen LogP contribution in [0.25, 0.3) is 0 Å². The van der Waals surface area contributed by atoms with Crippen LogP contribution >= 0.6 is 23.1 Å². The Labute approximate surface area is 218 Å². The molecule has 2 aliphatic heterocycles. The zero-order valence-electron chi connectivity index (χ0n) is 19.5. The molecule has 10 heteroatoms. The van der Waals surface area contributed by atoms with Crippen molar-refractivity contribution in [1.82, 2.24) is 4.98 Å². The van der Waals surface area contributed by atoms with E-state index in [0.29, 0.717) is 0 Å². The summed E-state index contributed by atoms with van der Waals surface area (Å²) in [5, 5.41) is 0.868. The number of imide groups is 1. The van der Waals surface area contributed by atoms with Gasteiger partial charge >= 0.3 is 11.0 Å². The van der Waals surface area contributed by atoms with Gasteiger partial charge in [-0.1, -0.05) is 41.7 Å². The van der Waals surface area contributed by atoms with Gasteiger partial charge in [0.25, 0.3) is 0 Å². The highest BCUT2D eigenvalue weighted by molar-refractivity contribution is 8.00. The number of H-pyrrole nitrogens is 1. The number of thiazole rings is 1. The molecular weight excluding hydrogens is 521 g/mol. The number of anilines is 1. The smallest absolute Gasteiger partial charge is 0.307 e. The maximum absolute atomic E-state index is 13.7. The van der Waals surface area contributed by atoms with Crippen LogP contribution in [0.4, 0.5) is 18.9 Å². The number of carbonyl (C=O) groups is 2. The summed E-state index contributed by atoms with van der Waals surface area (Å²) in [6.07, 6.45) is -3.84. The summed E-state index contributed by atoms with van der Waals surface area (Å²) in [6.45, 7) is 2.04. The number of hydrogen-bond acceptors (Lipinski definition) is 5. The summed E-state index contributed by atoms with van der Waals surface area (Å²) >= 11 is 2.80. The van der Waals surface area contributed by atoms with Crippen LogP contribution in [0.5, 0.6) is 0 Å². The predicted molar refractivity (Wildman–Crippen MR) is 134 cm³/mol. The number of nitrogens with one attached hydrogen (secondary N) is 1. The first kappa shape index (κ1) is 23.3. The molecule has 2 aromatic carbocycles. The van der Waals surface area contributed by atoms with E-state index in [1.807, 2.05) is 25.1 Å². The van der Waals surface area contributed by atoms with Crippen LogP contribution in [-0.4, -0.2) is 22.0 Å². The quantitative estimate of drug-likeness (QED) is 0.438. The van der Waals surface area contributed by atoms with Crippen LogP contribution < -0.4 is 9.77 Å². The third-order valence-electron chi connectivity index (χ3n) is 8.68. The number of hydrogen-bond donors (Lipinski definition) is 1. The summed E-state index contributed by atoms with van der Waals surface area (Å²) < 4.78 is 40.1. The largest absolute Gasteiger partial charge is 0.416 e. The average Bonchev–Trinajstić information content (AvgIpc) is 3.58. The maximum Gasteiger partial charge on any atom is 0.416 e. The van der Waals surface area contributed by atoms with Crippen molar-refractivity contribution in [2.24, 2.45) is 29.6 Å². The molecule has 5 nitrogen and oxygen atoms in total. The highest BCUT2D eigenvalue weighted by Gasteiger charge is 2.69. The van der Waals surface area contributed by atoms with E-state index < -0.39 is 35.4 Å². The molecule has 3 heterocycles. The summed E-state index contributed by atoms with van der Waals surface area (Å²) in [5.74, 6) is -2.11. The molecule has 7 atom stereocenters. The van der Waals surface area contributed by atoms with Crippen LogP contribution in [0.15, 0.2) is 58.4 Å². The van der Waals surface area contributed by atoms with E-state index >= 15 is 0 Å². The fraction of sp³-hybridized carbons (Fsp3) is 0.370. The molecule has 1 aromatic heterocycles. The minimum Gasteiger partial charge on any atom is -0.307 e. The third-order valence-corrected chi connectivity index (χ3v) is 11.3. The van der Waals surface area contributed by atoms with Crippen molar-refractivity contribution < 1.29 is 22.8 Å². The second-order valence-corrected chi connectivity index (χ2v) is 12.6. The number of rotatable bonds is 2. The van der Waals surface area contributed by atoms with Gasteiger partial charge < -0.3 is 4.98 Å². The fourth-order valence-corrected chi connectivity index (χ4v) is 10.3. The molecule has 0 radical (unpaired) electrons. The molecule has 2 bridgehead atoms. The molecule has 3 fully saturated rings. The summed E-state index contributed by atoms with van der Waals surface area (Å²) in [5.41, 5.74) is 1.31. The molecule has 5 unspecified atom stereocenters. The van der Waals surface area contributed by atoms with E-state index in [2.05, 4.69) is 11.1 Å². The fourth-order valence-electron chi connectivity index (χ4n) is 7.38. The van der Waals surface area contributed by atoms with E-state index in [-0.39, 0.29) is 39.5 Å². The van der Waals surface area contributed by atoms with Gasteiger partial charge in [0.2, 0.25) is 11.8 Å². The Morgan fingerprint density at radius 1 is 0.973 bits per heavy atom. The van der Waals surface area contributed by atoms with Gasteiger partial charge in [-0.2, -0.15) is 13.2 Å². The van der Waals surface area contributed by atoms with Gasteiger partial charge in [0.15, 0.2) is 0 Å². The molecule has 7 rings (SSSR count). The number of halogens is 3. The third kappa shape index (κ3) is 3.21. The molecule has 37 heavy (non-hydrogen) atoms. The topological polar surface area (TPSA) is 70.2 Å². The molecule has 0 spiro atoms. The number of benzene rings is 2. The lowest BCUT2D eigenvalue weighted by atomic mass is 9.67. The highest BCUT2D eigenvalue weighted by Crippen LogP contribution is 2.68. The molecular formula is C27H21F3N2O3S2. The van der Waals surface area contributed by atoms with Crippen LogP contribution in [0.1, 0.15) is 33.9 Å². The molecule has 2 amide bonds. The van der Waals surface area contributed by atoms with Gasteiger partial charge in [-0.05, 0) is 60.4 Å². The van der Waals surface area contributed by atoms with Gasteiger partial charge in [-0.15, -0.1) is 11.8 Å². The Morgan fingerprint density at radius 3 is 2.43 bits per heavy atom. The summed E-state index contributed by atoms with van der Waals surface area (Å²) in [6, 6.07) is 12.5. The van der Waals surface area contributed by atoms with E-state index in [4.69, 9.17) is 0 Å². The molecule has 3 aromatic rings. The first-order valence-corrected chi connectivity index (χ1v) is 13.8. The average molecular weight is 543 g/mol. The molecule has 1 saturated heterocycles. The first-order chi connectivity index (χ1) is 17.6. The number of aryl methyl sites for hydroxylation is 1. The predicted octanol–water partition coefficient (Wildman–Crippen LogP) is 5.44. The van der Waals surface area contributed by atoms with Crippen molar-refractivity contribution in [3.63, 3.8) is 0 Å². The van der Waals surface area contributed by atoms with Gasteiger partial charge in [0.05, 0.1) is 28.1 Å². The Hall–Kier alpha value is -2.85. The lowest BCUT2D eigenvalue weighted by Gasteiger charge is -2.43. The van der Waals surface area contributed by atoms with E-state index in [9.17, 15) is 27.6 Å². The Balaban J connectivity index is 1.31. The zero-order valence-corrected chi connectivity index (χ0v) is 21.1. The van der Waals surface area contributed by atoms with Crippen LogP contribution in [0.2, 0.25) is 0 Å². The van der Waals surface area contributed by atoms with Crippen molar-refractivity contribution in [2.75, 3.05) is 4.90 Å². The Bertz CT molecular complexity index is 1530. The molecule has 2 saturated carbocycles. The number of carbonyl (C=O) groups excluding carboxylic acids is 2. The van der Waals surface area contributed by atoms with Crippen molar-refractivity contribution in [3.05, 3.63) is 79.8 Å². The molecule has 4 aliphatic rings. The number of alkyl halides is 3. The summed E-state index contributed by atoms with van der Waals surface area (Å²) in [4.78, 5) is 44.6. The van der Waals surface area contributed by atoms with E-state index in [1.54, 1.807) is 11.8 Å². The monoisotopic (exact) mass is 542 g/mol. The van der Waals surface area contributed by atoms with E-state index in [0.717, 1.165) is 44.5 Å². The minimum absolute atomic E-state index is 0.0202. The van der Waals surface area contributed by atoms with Crippen molar-refractivity contribution in [3.8, 4) is 0 Å². The standard InChI is InChI=1S/C27H21F3N2O3S2/c1-11-5-2-3-8-14(11)17-18-15-10-16(21(18)36-23-22(17)37-26(35)31-23)20-19(15)24(33)32(25(20)34)13-7-4-6-12(9-13)27(28,29)30/h2-9,15-21H,10H2,1H3,(H,31,35)/t15-,16-,17?,18?,19?,20?,21?/m1/s1. The van der Waals surface area contributed by atoms with Crippen molar-refractivity contribution in [2.45, 2.75) is 35.7 Å². The molecule has 190 valence electrons. The first-order valence-electron chi connectivity index (χ1n) is 12.2. The van der Waals surface area contributed by atoms with Gasteiger partial charge in [0, 0.05) is 16.0 Å². The highest BCUT2D eigenvalue weighted by atomic mass is 32.2. The normalized spacial score (nSPS) is 32.0. The number of aromatic nitrogens is 1. The zero-order chi connectivity index (χ0) is 25.8. The minimum atomic E-state index is -4.57. The number of amides is 2. The van der Waals surface area contributed by atoms with Crippen molar-refractivity contribution in [1.29, 1.82) is 0 Å². The number of thioether (sulfide) groups is 1. The SMILES string of the molecule is Cc1ccccc1C1c2sc(=O)[nH]c2SC2C1[C@H]1C[C@@H]2C2C(=O)N(c3cccc(C(F)(F)F)c3)C(=O)C21. The Morgan fingerprint density at radius 2 is 1.70 bits per heavy atom. The molecule has 1 N–H and O–H groups in total. The second kappa shape index (κ2) is 7.83. The lowest BCUT2D eigenvalue weighted by Crippen LogP contribution is -2.42. The van der Waals surface area contributed by atoms with Gasteiger partial charge in [-0.25, -0.2) is 0 Å². The van der Waals surface area contributed by atoms with E-state index in [1.165, 1.54) is 23.5 Å². The van der Waals surface area contributed by atoms with Crippen LogP contribution in [0.3, 0.4) is 0 Å². The lowest BCUT2D eigenvalue weighted by molar-refractivity contribution is -0.137. The summed E-state index contributed by atoms with van der Waals surface area (Å²) in [7, 11) is 0. The second-order valence-electron chi connectivity index (χ2n) is 10.4. The molecule has 2 aliphatic carbocycles. The Kier molecular flexibility index (Phi) is 4.93. The van der Waals surface area contributed by atoms with Crippen LogP contribution in [-0.2, 0) is 15.8 Å².